The summed E-state index contributed by atoms with van der Waals surface area (Å²) in [7, 11) is 0. The van der Waals surface area contributed by atoms with E-state index in [0.717, 1.165) is 11.1 Å². The fourth-order valence-corrected chi connectivity index (χ4v) is 2.72. The quantitative estimate of drug-likeness (QED) is 0.359. The van der Waals surface area contributed by atoms with E-state index >= 15 is 0 Å². The zero-order chi connectivity index (χ0) is 19.2. The third kappa shape index (κ3) is 4.35. The van der Waals surface area contributed by atoms with Gasteiger partial charge in [0.2, 0.25) is 0 Å². The molecular weight excluding hydrogens is 346 g/mol. The van der Waals surface area contributed by atoms with Crippen molar-refractivity contribution in [3.63, 3.8) is 0 Å². The Kier molecular flexibility index (Phi) is 5.87. The van der Waals surface area contributed by atoms with Gasteiger partial charge in [0.05, 0.1) is 0 Å². The summed E-state index contributed by atoms with van der Waals surface area (Å²) in [5.74, 6) is 10.5. The SMILES string of the molecule is O=C(NO)[C@@H]1O[C@H](c2ccc(C#CC#Cc3ccccc3)cc2)[C@@H](O)[C@H]1O. The van der Waals surface area contributed by atoms with Crippen molar-refractivity contribution in [2.24, 2.45) is 0 Å². The maximum Gasteiger partial charge on any atom is 0.275 e. The molecule has 1 heterocycles. The first-order valence-electron chi connectivity index (χ1n) is 8.22. The van der Waals surface area contributed by atoms with Crippen LogP contribution in [0.1, 0.15) is 22.8 Å². The molecule has 2 aromatic carbocycles. The molecule has 0 saturated carbocycles. The van der Waals surface area contributed by atoms with Crippen molar-refractivity contribution in [1.29, 1.82) is 0 Å². The van der Waals surface area contributed by atoms with E-state index in [-0.39, 0.29) is 0 Å². The topological polar surface area (TPSA) is 99.0 Å². The monoisotopic (exact) mass is 363 g/mol. The van der Waals surface area contributed by atoms with Crippen LogP contribution >= 0.6 is 0 Å². The second-order valence-electron chi connectivity index (χ2n) is 5.92. The molecule has 136 valence electrons. The van der Waals surface area contributed by atoms with E-state index in [0.29, 0.717) is 5.56 Å². The molecule has 1 aliphatic heterocycles. The average Bonchev–Trinajstić information content (AvgIpc) is 3.01. The predicted octanol–water partition coefficient (Wildman–Crippen LogP) is 0.757. The second-order valence-corrected chi connectivity index (χ2v) is 5.92. The Bertz CT molecular complexity index is 918. The van der Waals surface area contributed by atoms with Crippen LogP contribution in [-0.2, 0) is 9.53 Å². The summed E-state index contributed by atoms with van der Waals surface area (Å²) in [5, 5.41) is 28.7. The Balaban J connectivity index is 1.69. The van der Waals surface area contributed by atoms with Crippen molar-refractivity contribution in [3.8, 4) is 23.7 Å². The minimum atomic E-state index is -1.44. The number of carbonyl (C=O) groups is 1. The van der Waals surface area contributed by atoms with Crippen molar-refractivity contribution in [3.05, 3.63) is 71.3 Å². The Morgan fingerprint density at radius 2 is 1.48 bits per heavy atom. The Morgan fingerprint density at radius 3 is 2.07 bits per heavy atom. The highest BCUT2D eigenvalue weighted by molar-refractivity contribution is 5.80. The molecule has 0 aliphatic carbocycles. The van der Waals surface area contributed by atoms with Gasteiger partial charge in [-0.2, -0.15) is 0 Å². The number of aliphatic hydroxyl groups is 2. The van der Waals surface area contributed by atoms with Crippen molar-refractivity contribution in [2.45, 2.75) is 24.4 Å². The Morgan fingerprint density at radius 1 is 0.889 bits per heavy atom. The Labute approximate surface area is 156 Å². The molecule has 0 unspecified atom stereocenters. The summed E-state index contributed by atoms with van der Waals surface area (Å²) >= 11 is 0. The zero-order valence-electron chi connectivity index (χ0n) is 14.2. The van der Waals surface area contributed by atoms with E-state index in [2.05, 4.69) is 23.7 Å². The molecule has 0 bridgehead atoms. The molecule has 4 N–H and O–H groups in total. The molecule has 0 spiro atoms. The molecule has 6 heteroatoms. The fraction of sp³-hybridized carbons (Fsp3) is 0.190. The third-order valence-corrected chi connectivity index (χ3v) is 4.12. The summed E-state index contributed by atoms with van der Waals surface area (Å²) < 4.78 is 5.38. The number of hydrogen-bond donors (Lipinski definition) is 4. The van der Waals surface area contributed by atoms with Gasteiger partial charge in [-0.25, -0.2) is 5.48 Å². The molecule has 1 aliphatic rings. The normalized spacial score (nSPS) is 23.5. The maximum absolute atomic E-state index is 11.5. The zero-order valence-corrected chi connectivity index (χ0v) is 14.2. The van der Waals surface area contributed by atoms with Crippen molar-refractivity contribution in [1.82, 2.24) is 5.48 Å². The molecule has 1 amide bonds. The van der Waals surface area contributed by atoms with Gasteiger partial charge in [0.15, 0.2) is 6.10 Å². The number of hydroxylamine groups is 1. The lowest BCUT2D eigenvalue weighted by molar-refractivity contribution is -0.144. The van der Waals surface area contributed by atoms with E-state index in [1.807, 2.05) is 30.3 Å². The first kappa shape index (κ1) is 18.7. The number of aliphatic hydroxyl groups excluding tert-OH is 2. The van der Waals surface area contributed by atoms with Gasteiger partial charge in [-0.15, -0.1) is 0 Å². The molecule has 3 rings (SSSR count). The Hall–Kier alpha value is -3.13. The van der Waals surface area contributed by atoms with Crippen LogP contribution in [0.25, 0.3) is 0 Å². The van der Waals surface area contributed by atoms with Gasteiger partial charge in [0, 0.05) is 11.1 Å². The summed E-state index contributed by atoms with van der Waals surface area (Å²) in [6.07, 6.45) is -4.96. The van der Waals surface area contributed by atoms with Crippen LogP contribution in [0.4, 0.5) is 0 Å². The summed E-state index contributed by atoms with van der Waals surface area (Å²) in [4.78, 5) is 11.5. The van der Waals surface area contributed by atoms with Crippen LogP contribution in [0, 0.1) is 23.7 Å². The molecule has 1 saturated heterocycles. The highest BCUT2D eigenvalue weighted by atomic mass is 16.6. The van der Waals surface area contributed by atoms with Crippen molar-refractivity contribution < 1.29 is 25.0 Å². The van der Waals surface area contributed by atoms with E-state index in [1.54, 1.807) is 24.3 Å². The number of benzene rings is 2. The lowest BCUT2D eigenvalue weighted by atomic mass is 10.0. The van der Waals surface area contributed by atoms with Gasteiger partial charge in [0.25, 0.3) is 5.91 Å². The van der Waals surface area contributed by atoms with Gasteiger partial charge in [0.1, 0.15) is 18.3 Å². The first-order valence-corrected chi connectivity index (χ1v) is 8.22. The van der Waals surface area contributed by atoms with Gasteiger partial charge in [-0.1, -0.05) is 42.2 Å². The highest BCUT2D eigenvalue weighted by Crippen LogP contribution is 2.33. The van der Waals surface area contributed by atoms with E-state index in [4.69, 9.17) is 9.94 Å². The summed E-state index contributed by atoms with van der Waals surface area (Å²) in [5.41, 5.74) is 3.60. The lowest BCUT2D eigenvalue weighted by Gasteiger charge is -2.14. The molecule has 27 heavy (non-hydrogen) atoms. The number of hydrogen-bond acceptors (Lipinski definition) is 5. The number of nitrogens with one attached hydrogen (secondary N) is 1. The number of ether oxygens (including phenoxy) is 1. The summed E-state index contributed by atoms with van der Waals surface area (Å²) in [6, 6.07) is 16.4. The van der Waals surface area contributed by atoms with Crippen LogP contribution in [0.2, 0.25) is 0 Å². The van der Waals surface area contributed by atoms with Crippen LogP contribution in [0.3, 0.4) is 0 Å². The molecule has 4 atom stereocenters. The summed E-state index contributed by atoms with van der Waals surface area (Å²) in [6.45, 7) is 0. The first-order chi connectivity index (χ1) is 13.1. The second kappa shape index (κ2) is 8.50. The minimum Gasteiger partial charge on any atom is -0.387 e. The molecule has 2 aromatic rings. The molecular formula is C21H17NO5. The molecule has 1 fully saturated rings. The molecule has 0 aromatic heterocycles. The van der Waals surface area contributed by atoms with Gasteiger partial charge in [-0.05, 0) is 41.7 Å². The smallest absolute Gasteiger partial charge is 0.275 e. The number of rotatable bonds is 2. The van der Waals surface area contributed by atoms with Gasteiger partial charge >= 0.3 is 0 Å². The lowest BCUT2D eigenvalue weighted by Crippen LogP contribution is -2.41. The predicted molar refractivity (Wildman–Crippen MR) is 96.2 cm³/mol. The fourth-order valence-electron chi connectivity index (χ4n) is 2.72. The minimum absolute atomic E-state index is 0.579. The van der Waals surface area contributed by atoms with Crippen LogP contribution < -0.4 is 5.48 Å². The number of amides is 1. The van der Waals surface area contributed by atoms with Crippen molar-refractivity contribution >= 4 is 5.91 Å². The van der Waals surface area contributed by atoms with Crippen molar-refractivity contribution in [2.75, 3.05) is 0 Å². The standard InChI is InChI=1S/C21H17NO5/c23-17-18(24)20(21(25)22-26)27-19(17)16-12-10-15(11-13-16)9-5-4-8-14-6-2-1-3-7-14/h1-3,6-7,10-13,17-20,23-24,26H,(H,22,25)/t17-,18+,19+,20+/m0/s1. The third-order valence-electron chi connectivity index (χ3n) is 4.12. The van der Waals surface area contributed by atoms with Gasteiger partial charge in [-0.3, -0.25) is 10.0 Å². The van der Waals surface area contributed by atoms with E-state index in [9.17, 15) is 15.0 Å². The average molecular weight is 363 g/mol. The molecule has 6 nitrogen and oxygen atoms in total. The van der Waals surface area contributed by atoms with E-state index < -0.39 is 30.3 Å². The van der Waals surface area contributed by atoms with Crippen LogP contribution in [-0.4, -0.2) is 39.6 Å². The number of carbonyl (C=O) groups excluding carboxylic acids is 1. The van der Waals surface area contributed by atoms with Crippen LogP contribution in [0.5, 0.6) is 0 Å². The largest absolute Gasteiger partial charge is 0.387 e. The van der Waals surface area contributed by atoms with Crippen LogP contribution in [0.15, 0.2) is 54.6 Å². The maximum atomic E-state index is 11.5. The van der Waals surface area contributed by atoms with Gasteiger partial charge < -0.3 is 14.9 Å². The molecule has 0 radical (unpaired) electrons. The van der Waals surface area contributed by atoms with E-state index in [1.165, 1.54) is 5.48 Å². The highest BCUT2D eigenvalue weighted by Gasteiger charge is 2.46.